The van der Waals surface area contributed by atoms with Crippen molar-refractivity contribution in [3.63, 3.8) is 0 Å². The second-order valence-electron chi connectivity index (χ2n) is 7.00. The van der Waals surface area contributed by atoms with Gasteiger partial charge in [-0.05, 0) is 65.5 Å². The van der Waals surface area contributed by atoms with E-state index in [1.54, 1.807) is 25.1 Å². The second-order valence-corrected chi connectivity index (χ2v) is 7.88. The zero-order valence-corrected chi connectivity index (χ0v) is 18.0. The smallest absolute Gasteiger partial charge is 0.162 e. The van der Waals surface area contributed by atoms with E-state index in [4.69, 9.17) is 4.74 Å². The monoisotopic (exact) mass is 428 g/mol. The average molecular weight is 429 g/mol. The molecule has 0 fully saturated rings. The second kappa shape index (κ2) is 9.96. The third-order valence-corrected chi connectivity index (χ3v) is 5.74. The van der Waals surface area contributed by atoms with Crippen LogP contribution in [0.4, 0.5) is 11.4 Å². The van der Waals surface area contributed by atoms with Gasteiger partial charge in [-0.3, -0.25) is 0 Å². The van der Waals surface area contributed by atoms with Gasteiger partial charge in [-0.2, -0.15) is 0 Å². The Morgan fingerprint density at radius 1 is 0.774 bits per heavy atom. The number of hydrogen-bond donors (Lipinski definition) is 3. The number of phenolic OH excluding ortho intramolecular Hbond substituents is 1. The number of hydrogen-bond acceptors (Lipinski definition) is 5. The van der Waals surface area contributed by atoms with Crippen LogP contribution in [0.15, 0.2) is 102 Å². The third kappa shape index (κ3) is 5.32. The Bertz CT molecular complexity index is 1130. The Kier molecular flexibility index (Phi) is 6.65. The number of methoxy groups -OCH3 is 1. The van der Waals surface area contributed by atoms with Crippen molar-refractivity contribution in [2.45, 2.75) is 11.4 Å². The molecular weight excluding hydrogens is 404 g/mol. The first kappa shape index (κ1) is 20.7. The minimum atomic E-state index is 0.173. The molecule has 4 nitrogen and oxygen atoms in total. The molecule has 0 saturated carbocycles. The van der Waals surface area contributed by atoms with E-state index in [2.05, 4.69) is 70.7 Å². The van der Waals surface area contributed by atoms with Crippen LogP contribution in [-0.4, -0.2) is 12.2 Å². The molecule has 31 heavy (non-hydrogen) atoms. The SMILES string of the molecule is COc1cccc(CNc2ccc(SNc3cccc(-c4ccccc4)c3)cc2)c1O. The van der Waals surface area contributed by atoms with E-state index >= 15 is 0 Å². The first-order valence-corrected chi connectivity index (χ1v) is 10.8. The first-order valence-electron chi connectivity index (χ1n) is 10.00. The Morgan fingerprint density at radius 2 is 1.52 bits per heavy atom. The fourth-order valence-corrected chi connectivity index (χ4v) is 3.86. The van der Waals surface area contributed by atoms with Gasteiger partial charge in [-0.15, -0.1) is 0 Å². The molecule has 0 bridgehead atoms. The summed E-state index contributed by atoms with van der Waals surface area (Å²) in [5.41, 5.74) is 5.22. The molecule has 0 radical (unpaired) electrons. The van der Waals surface area contributed by atoms with Crippen molar-refractivity contribution in [2.24, 2.45) is 0 Å². The highest BCUT2D eigenvalue weighted by Crippen LogP contribution is 2.30. The summed E-state index contributed by atoms with van der Waals surface area (Å²) >= 11 is 1.57. The summed E-state index contributed by atoms with van der Waals surface area (Å²) < 4.78 is 8.58. The molecule has 0 aromatic heterocycles. The van der Waals surface area contributed by atoms with Crippen molar-refractivity contribution in [3.05, 3.63) is 103 Å². The summed E-state index contributed by atoms with van der Waals surface area (Å²) in [6.45, 7) is 0.514. The van der Waals surface area contributed by atoms with Gasteiger partial charge in [0.2, 0.25) is 0 Å². The Labute approximate surface area is 187 Å². The maximum absolute atomic E-state index is 10.2. The van der Waals surface area contributed by atoms with E-state index in [1.807, 2.05) is 30.3 Å². The van der Waals surface area contributed by atoms with Crippen LogP contribution in [0.1, 0.15) is 5.56 Å². The molecular formula is C26H24N2O2S. The van der Waals surface area contributed by atoms with Crippen LogP contribution >= 0.6 is 11.9 Å². The lowest BCUT2D eigenvalue weighted by atomic mass is 10.1. The van der Waals surface area contributed by atoms with Gasteiger partial charge < -0.3 is 19.9 Å². The predicted molar refractivity (Wildman–Crippen MR) is 130 cm³/mol. The molecule has 0 atom stereocenters. The molecule has 4 aromatic rings. The minimum Gasteiger partial charge on any atom is -0.504 e. The lowest BCUT2D eigenvalue weighted by Crippen LogP contribution is -2.00. The highest BCUT2D eigenvalue weighted by molar-refractivity contribution is 8.00. The van der Waals surface area contributed by atoms with Crippen LogP contribution in [0, 0.1) is 0 Å². The minimum absolute atomic E-state index is 0.173. The fraction of sp³-hybridized carbons (Fsp3) is 0.0769. The van der Waals surface area contributed by atoms with Gasteiger partial charge in [0.25, 0.3) is 0 Å². The Balaban J connectivity index is 1.34. The quantitative estimate of drug-likeness (QED) is 0.270. The molecule has 4 rings (SSSR count). The largest absolute Gasteiger partial charge is 0.504 e. The number of para-hydroxylation sites is 1. The molecule has 3 N–H and O–H groups in total. The number of anilines is 2. The van der Waals surface area contributed by atoms with Gasteiger partial charge >= 0.3 is 0 Å². The summed E-state index contributed by atoms with van der Waals surface area (Å²) in [6.07, 6.45) is 0. The maximum Gasteiger partial charge on any atom is 0.162 e. The summed E-state index contributed by atoms with van der Waals surface area (Å²) in [6, 6.07) is 32.4. The highest BCUT2D eigenvalue weighted by Gasteiger charge is 2.07. The van der Waals surface area contributed by atoms with Crippen LogP contribution in [0.2, 0.25) is 0 Å². The summed E-state index contributed by atoms with van der Waals surface area (Å²) in [5, 5.41) is 13.5. The van der Waals surface area contributed by atoms with Crippen LogP contribution in [0.25, 0.3) is 11.1 Å². The molecule has 0 spiro atoms. The van der Waals surface area contributed by atoms with Crippen molar-refractivity contribution in [1.29, 1.82) is 0 Å². The van der Waals surface area contributed by atoms with E-state index in [1.165, 1.54) is 11.1 Å². The van der Waals surface area contributed by atoms with E-state index < -0.39 is 0 Å². The molecule has 156 valence electrons. The number of rotatable bonds is 8. The molecule has 0 heterocycles. The number of nitrogens with one attached hydrogen (secondary N) is 2. The van der Waals surface area contributed by atoms with Gasteiger partial charge in [-0.1, -0.05) is 54.6 Å². The zero-order chi connectivity index (χ0) is 21.5. The first-order chi connectivity index (χ1) is 15.2. The number of benzene rings is 4. The van der Waals surface area contributed by atoms with Crippen molar-refractivity contribution in [3.8, 4) is 22.6 Å². The topological polar surface area (TPSA) is 53.5 Å². The maximum atomic E-state index is 10.2. The van der Waals surface area contributed by atoms with Crippen molar-refractivity contribution < 1.29 is 9.84 Å². The normalized spacial score (nSPS) is 10.5. The summed E-state index contributed by atoms with van der Waals surface area (Å²) in [7, 11) is 1.55. The van der Waals surface area contributed by atoms with E-state index in [-0.39, 0.29) is 5.75 Å². The van der Waals surface area contributed by atoms with Crippen molar-refractivity contribution >= 4 is 23.3 Å². The predicted octanol–water partition coefficient (Wildman–Crippen LogP) is 6.80. The summed E-state index contributed by atoms with van der Waals surface area (Å²) in [5.74, 6) is 0.653. The van der Waals surface area contributed by atoms with Crippen molar-refractivity contribution in [1.82, 2.24) is 0 Å². The number of phenols is 1. The molecule has 0 aliphatic carbocycles. The molecule has 0 amide bonds. The highest BCUT2D eigenvalue weighted by atomic mass is 32.2. The Hall–Kier alpha value is -3.57. The molecule has 4 aromatic carbocycles. The lowest BCUT2D eigenvalue weighted by Gasteiger charge is -2.11. The van der Waals surface area contributed by atoms with Crippen LogP contribution in [-0.2, 0) is 6.54 Å². The molecule has 0 aliphatic heterocycles. The van der Waals surface area contributed by atoms with Gasteiger partial charge in [0, 0.05) is 28.4 Å². The van der Waals surface area contributed by atoms with Gasteiger partial charge in [0.1, 0.15) is 0 Å². The molecule has 0 aliphatic rings. The van der Waals surface area contributed by atoms with Crippen LogP contribution in [0.3, 0.4) is 0 Å². The van der Waals surface area contributed by atoms with Crippen molar-refractivity contribution in [2.75, 3.05) is 17.1 Å². The summed E-state index contributed by atoms with van der Waals surface area (Å²) in [4.78, 5) is 1.11. The lowest BCUT2D eigenvalue weighted by molar-refractivity contribution is 0.371. The molecule has 5 heteroatoms. The van der Waals surface area contributed by atoms with Crippen LogP contribution in [0.5, 0.6) is 11.5 Å². The zero-order valence-electron chi connectivity index (χ0n) is 17.2. The number of ether oxygens (including phenoxy) is 1. The van der Waals surface area contributed by atoms with E-state index in [9.17, 15) is 5.11 Å². The number of aromatic hydroxyl groups is 1. The van der Waals surface area contributed by atoms with Gasteiger partial charge in [-0.25, -0.2) is 0 Å². The average Bonchev–Trinajstić information content (AvgIpc) is 2.83. The Morgan fingerprint density at radius 3 is 2.29 bits per heavy atom. The van der Waals surface area contributed by atoms with E-state index in [0.717, 1.165) is 21.8 Å². The van der Waals surface area contributed by atoms with Crippen LogP contribution < -0.4 is 14.8 Å². The third-order valence-electron chi connectivity index (χ3n) is 4.90. The van der Waals surface area contributed by atoms with Gasteiger partial charge in [0.15, 0.2) is 11.5 Å². The molecule has 0 saturated heterocycles. The molecule has 0 unspecified atom stereocenters. The standard InChI is InChI=1S/C26H24N2O2S/c1-30-25-12-6-10-21(26(25)29)18-27-22-13-15-24(16-14-22)31-28-23-11-5-9-20(17-23)19-7-3-2-4-8-19/h2-17,27-29H,18H2,1H3. The van der Waals surface area contributed by atoms with Gasteiger partial charge in [0.05, 0.1) is 7.11 Å². The van der Waals surface area contributed by atoms with E-state index in [0.29, 0.717) is 12.3 Å². The fourth-order valence-electron chi connectivity index (χ4n) is 3.22.